The van der Waals surface area contributed by atoms with Crippen LogP contribution in [0.2, 0.25) is 0 Å². The Bertz CT molecular complexity index is 506. The SMILES string of the molecule is CCC(C(C)C)S(=O)(=O)NC(=O)C(C)c1cccs1. The average Bonchev–Trinajstić information content (AvgIpc) is 2.80. The molecule has 0 aliphatic rings. The van der Waals surface area contributed by atoms with E-state index in [1.807, 2.05) is 38.3 Å². The van der Waals surface area contributed by atoms with Crippen LogP contribution in [0, 0.1) is 5.92 Å². The van der Waals surface area contributed by atoms with Crippen LogP contribution in [0.3, 0.4) is 0 Å². The molecule has 1 amide bonds. The molecule has 0 aromatic carbocycles. The van der Waals surface area contributed by atoms with Gasteiger partial charge < -0.3 is 0 Å². The molecule has 2 atom stereocenters. The molecule has 0 saturated heterocycles. The largest absolute Gasteiger partial charge is 0.273 e. The van der Waals surface area contributed by atoms with Crippen LogP contribution < -0.4 is 4.72 Å². The fraction of sp³-hybridized carbons (Fsp3) is 0.615. The van der Waals surface area contributed by atoms with E-state index in [-0.39, 0.29) is 5.92 Å². The van der Waals surface area contributed by atoms with Gasteiger partial charge in [-0.1, -0.05) is 26.8 Å². The highest BCUT2D eigenvalue weighted by Crippen LogP contribution is 2.22. The lowest BCUT2D eigenvalue weighted by molar-refractivity contribution is -0.120. The molecule has 1 N–H and O–H groups in total. The third-order valence-corrected chi connectivity index (χ3v) is 6.37. The van der Waals surface area contributed by atoms with Gasteiger partial charge >= 0.3 is 0 Å². The number of carbonyl (C=O) groups excluding carboxylic acids is 1. The van der Waals surface area contributed by atoms with Crippen LogP contribution in [0.4, 0.5) is 0 Å². The first kappa shape index (κ1) is 16.2. The van der Waals surface area contributed by atoms with Gasteiger partial charge in [-0.2, -0.15) is 0 Å². The monoisotopic (exact) mass is 303 g/mol. The van der Waals surface area contributed by atoms with E-state index in [1.165, 1.54) is 11.3 Å². The Hall–Kier alpha value is -0.880. The fourth-order valence-corrected chi connectivity index (χ4v) is 4.57. The van der Waals surface area contributed by atoms with E-state index in [1.54, 1.807) is 6.92 Å². The van der Waals surface area contributed by atoms with Crippen LogP contribution in [-0.2, 0) is 14.8 Å². The van der Waals surface area contributed by atoms with E-state index in [4.69, 9.17) is 0 Å². The van der Waals surface area contributed by atoms with Crippen molar-refractivity contribution in [3.63, 3.8) is 0 Å². The van der Waals surface area contributed by atoms with Crippen LogP contribution in [-0.4, -0.2) is 19.6 Å². The van der Waals surface area contributed by atoms with Gasteiger partial charge in [0.25, 0.3) is 0 Å². The average molecular weight is 303 g/mol. The smallest absolute Gasteiger partial charge is 0.241 e. The number of carbonyl (C=O) groups is 1. The van der Waals surface area contributed by atoms with Gasteiger partial charge in [0, 0.05) is 4.88 Å². The molecule has 0 saturated carbocycles. The van der Waals surface area contributed by atoms with Crippen LogP contribution >= 0.6 is 11.3 Å². The Morgan fingerprint density at radius 2 is 2.00 bits per heavy atom. The summed E-state index contributed by atoms with van der Waals surface area (Å²) in [4.78, 5) is 12.9. The molecule has 19 heavy (non-hydrogen) atoms. The number of nitrogens with one attached hydrogen (secondary N) is 1. The predicted octanol–water partition coefficient (Wildman–Crippen LogP) is 2.73. The van der Waals surface area contributed by atoms with Gasteiger partial charge in [-0.25, -0.2) is 8.42 Å². The van der Waals surface area contributed by atoms with Crippen molar-refractivity contribution in [2.45, 2.75) is 45.3 Å². The van der Waals surface area contributed by atoms with Gasteiger partial charge in [0.15, 0.2) is 0 Å². The van der Waals surface area contributed by atoms with Crippen molar-refractivity contribution in [2.75, 3.05) is 0 Å². The highest BCUT2D eigenvalue weighted by Gasteiger charge is 2.30. The molecule has 4 nitrogen and oxygen atoms in total. The lowest BCUT2D eigenvalue weighted by Gasteiger charge is -2.21. The minimum Gasteiger partial charge on any atom is -0.273 e. The van der Waals surface area contributed by atoms with Crippen molar-refractivity contribution in [3.8, 4) is 0 Å². The second-order valence-electron chi connectivity index (χ2n) is 4.94. The van der Waals surface area contributed by atoms with E-state index in [9.17, 15) is 13.2 Å². The Balaban J connectivity index is 2.81. The highest BCUT2D eigenvalue weighted by molar-refractivity contribution is 7.90. The van der Waals surface area contributed by atoms with Crippen LogP contribution in [0.25, 0.3) is 0 Å². The standard InChI is InChI=1S/C13H21NO3S2/c1-5-12(9(2)3)19(16,17)14-13(15)10(4)11-7-6-8-18-11/h6-10,12H,5H2,1-4H3,(H,14,15). The van der Waals surface area contributed by atoms with Crippen molar-refractivity contribution in [1.82, 2.24) is 4.72 Å². The second kappa shape index (κ2) is 6.52. The molecule has 2 unspecified atom stereocenters. The molecule has 0 spiro atoms. The van der Waals surface area contributed by atoms with E-state index in [2.05, 4.69) is 4.72 Å². The van der Waals surface area contributed by atoms with Crippen molar-refractivity contribution in [3.05, 3.63) is 22.4 Å². The number of thiophene rings is 1. The van der Waals surface area contributed by atoms with E-state index >= 15 is 0 Å². The first-order chi connectivity index (χ1) is 8.79. The molecule has 0 bridgehead atoms. The molecule has 1 rings (SSSR count). The number of rotatable bonds is 6. The van der Waals surface area contributed by atoms with E-state index in [0.717, 1.165) is 4.88 Å². The van der Waals surface area contributed by atoms with Crippen molar-refractivity contribution < 1.29 is 13.2 Å². The topological polar surface area (TPSA) is 63.2 Å². The molecular weight excluding hydrogens is 282 g/mol. The zero-order valence-electron chi connectivity index (χ0n) is 11.7. The lowest BCUT2D eigenvalue weighted by atomic mass is 10.1. The first-order valence-corrected chi connectivity index (χ1v) is 8.81. The fourth-order valence-electron chi connectivity index (χ4n) is 2.02. The molecular formula is C13H21NO3S2. The Morgan fingerprint density at radius 3 is 2.42 bits per heavy atom. The normalized spacial score (nSPS) is 15.2. The molecule has 0 aliphatic heterocycles. The van der Waals surface area contributed by atoms with Crippen molar-refractivity contribution in [2.24, 2.45) is 5.92 Å². The number of amides is 1. The molecule has 1 heterocycles. The van der Waals surface area contributed by atoms with Gasteiger partial charge in [-0.05, 0) is 30.7 Å². The molecule has 0 radical (unpaired) electrons. The summed E-state index contributed by atoms with van der Waals surface area (Å²) in [6.45, 7) is 7.23. The van der Waals surface area contributed by atoms with Gasteiger partial charge in [0.1, 0.15) is 0 Å². The maximum absolute atomic E-state index is 12.2. The molecule has 6 heteroatoms. The zero-order chi connectivity index (χ0) is 14.6. The van der Waals surface area contributed by atoms with Gasteiger partial charge in [0.2, 0.25) is 15.9 Å². The predicted molar refractivity (Wildman–Crippen MR) is 78.7 cm³/mol. The number of sulfonamides is 1. The molecule has 108 valence electrons. The van der Waals surface area contributed by atoms with Crippen molar-refractivity contribution >= 4 is 27.3 Å². The summed E-state index contributed by atoms with van der Waals surface area (Å²) in [5.41, 5.74) is 0. The summed E-state index contributed by atoms with van der Waals surface area (Å²) in [5.74, 6) is -0.923. The minimum absolute atomic E-state index is 0.0210. The van der Waals surface area contributed by atoms with Gasteiger partial charge in [-0.15, -0.1) is 11.3 Å². The maximum Gasteiger partial charge on any atom is 0.241 e. The molecule has 0 fully saturated rings. The van der Waals surface area contributed by atoms with Crippen LogP contribution in [0.15, 0.2) is 17.5 Å². The lowest BCUT2D eigenvalue weighted by Crippen LogP contribution is -2.42. The third kappa shape index (κ3) is 4.04. The van der Waals surface area contributed by atoms with E-state index < -0.39 is 27.1 Å². The molecule has 0 aliphatic carbocycles. The summed E-state index contributed by atoms with van der Waals surface area (Å²) in [7, 11) is -3.60. The van der Waals surface area contributed by atoms with Crippen LogP contribution in [0.5, 0.6) is 0 Å². The molecule has 1 aromatic rings. The molecule has 1 aromatic heterocycles. The summed E-state index contributed by atoms with van der Waals surface area (Å²) < 4.78 is 26.5. The van der Waals surface area contributed by atoms with Crippen LogP contribution in [0.1, 0.15) is 44.9 Å². The Kier molecular flexibility index (Phi) is 5.55. The maximum atomic E-state index is 12.2. The Labute approximate surface area is 119 Å². The van der Waals surface area contributed by atoms with Gasteiger partial charge in [0.05, 0.1) is 11.2 Å². The van der Waals surface area contributed by atoms with E-state index in [0.29, 0.717) is 6.42 Å². The minimum atomic E-state index is -3.60. The quantitative estimate of drug-likeness (QED) is 0.879. The third-order valence-electron chi connectivity index (χ3n) is 3.15. The second-order valence-corrected chi connectivity index (χ2v) is 7.82. The number of hydrogen-bond donors (Lipinski definition) is 1. The Morgan fingerprint density at radius 1 is 1.37 bits per heavy atom. The van der Waals surface area contributed by atoms with Crippen molar-refractivity contribution in [1.29, 1.82) is 0 Å². The summed E-state index contributed by atoms with van der Waals surface area (Å²) in [6, 6.07) is 3.68. The van der Waals surface area contributed by atoms with Gasteiger partial charge in [-0.3, -0.25) is 9.52 Å². The first-order valence-electron chi connectivity index (χ1n) is 6.38. The zero-order valence-corrected chi connectivity index (χ0v) is 13.3. The number of hydrogen-bond acceptors (Lipinski definition) is 4. The summed E-state index contributed by atoms with van der Waals surface area (Å²) in [5, 5.41) is 1.34. The summed E-state index contributed by atoms with van der Waals surface area (Å²) >= 11 is 1.45. The summed E-state index contributed by atoms with van der Waals surface area (Å²) in [6.07, 6.45) is 0.494. The highest BCUT2D eigenvalue weighted by atomic mass is 32.2.